The van der Waals surface area contributed by atoms with Gasteiger partial charge in [0.25, 0.3) is 0 Å². The Morgan fingerprint density at radius 1 is 1.54 bits per heavy atom. The Bertz CT molecular complexity index is 201. The monoisotopic (exact) mass is 185 g/mol. The van der Waals surface area contributed by atoms with Crippen molar-refractivity contribution in [3.8, 4) is 0 Å². The summed E-state index contributed by atoms with van der Waals surface area (Å²) >= 11 is 0. The number of hydrogen-bond donors (Lipinski definition) is 1. The van der Waals surface area contributed by atoms with Gasteiger partial charge in [0.15, 0.2) is 0 Å². The number of urea groups is 1. The fourth-order valence-electron chi connectivity index (χ4n) is 1.59. The highest BCUT2D eigenvalue weighted by atomic mass is 16.2. The van der Waals surface area contributed by atoms with Crippen molar-refractivity contribution < 1.29 is 4.79 Å². The Morgan fingerprint density at radius 3 is 2.46 bits per heavy atom. The first-order valence-corrected chi connectivity index (χ1v) is 4.78. The first kappa shape index (κ1) is 10.3. The number of hydrogen-bond acceptors (Lipinski definition) is 2. The van der Waals surface area contributed by atoms with Crippen molar-refractivity contribution in [2.75, 3.05) is 26.7 Å². The number of amides is 2. The third-order valence-electron chi connectivity index (χ3n) is 3.07. The Morgan fingerprint density at radius 2 is 2.15 bits per heavy atom. The van der Waals surface area contributed by atoms with Crippen LogP contribution >= 0.6 is 0 Å². The van der Waals surface area contributed by atoms with Crippen LogP contribution in [0.15, 0.2) is 0 Å². The Labute approximate surface area is 79.7 Å². The van der Waals surface area contributed by atoms with Gasteiger partial charge in [-0.05, 0) is 13.3 Å². The van der Waals surface area contributed by atoms with Crippen molar-refractivity contribution in [3.63, 3.8) is 0 Å². The van der Waals surface area contributed by atoms with Gasteiger partial charge in [-0.25, -0.2) is 4.79 Å². The van der Waals surface area contributed by atoms with Crippen LogP contribution in [0, 0.1) is 0 Å². The SMILES string of the molecule is CCC(C)(CN)N1CCN(C)C1=O. The smallest absolute Gasteiger partial charge is 0.320 e. The van der Waals surface area contributed by atoms with Gasteiger partial charge in [0, 0.05) is 26.7 Å². The van der Waals surface area contributed by atoms with E-state index >= 15 is 0 Å². The molecule has 1 rings (SSSR count). The quantitative estimate of drug-likeness (QED) is 0.695. The largest absolute Gasteiger partial charge is 0.328 e. The summed E-state index contributed by atoms with van der Waals surface area (Å²) in [7, 11) is 1.83. The molecule has 1 aliphatic rings. The molecular weight excluding hydrogens is 166 g/mol. The van der Waals surface area contributed by atoms with Crippen LogP contribution in [-0.4, -0.2) is 48.1 Å². The van der Waals surface area contributed by atoms with Crippen LogP contribution in [0.2, 0.25) is 0 Å². The van der Waals surface area contributed by atoms with Gasteiger partial charge in [-0.1, -0.05) is 6.92 Å². The highest BCUT2D eigenvalue weighted by Crippen LogP contribution is 2.22. The molecule has 2 amide bonds. The lowest BCUT2D eigenvalue weighted by atomic mass is 9.97. The van der Waals surface area contributed by atoms with E-state index in [2.05, 4.69) is 6.92 Å². The Balaban J connectivity index is 2.76. The summed E-state index contributed by atoms with van der Waals surface area (Å²) in [6.45, 7) is 6.26. The maximum Gasteiger partial charge on any atom is 0.320 e. The first-order chi connectivity index (χ1) is 6.05. The summed E-state index contributed by atoms with van der Waals surface area (Å²) in [6.07, 6.45) is 0.906. The predicted molar refractivity (Wildman–Crippen MR) is 52.5 cm³/mol. The van der Waals surface area contributed by atoms with Gasteiger partial charge in [-0.2, -0.15) is 0 Å². The lowest BCUT2D eigenvalue weighted by Crippen LogP contribution is -2.52. The minimum Gasteiger partial charge on any atom is -0.328 e. The van der Waals surface area contributed by atoms with Gasteiger partial charge in [0.05, 0.1) is 5.54 Å². The van der Waals surface area contributed by atoms with Gasteiger partial charge < -0.3 is 15.5 Å². The fourth-order valence-corrected chi connectivity index (χ4v) is 1.59. The number of likely N-dealkylation sites (N-methyl/N-ethyl adjacent to an activating group) is 1. The molecule has 0 aromatic heterocycles. The summed E-state index contributed by atoms with van der Waals surface area (Å²) in [6, 6.07) is 0.106. The topological polar surface area (TPSA) is 49.6 Å². The minimum absolute atomic E-state index is 0.106. The summed E-state index contributed by atoms with van der Waals surface area (Å²) in [5.41, 5.74) is 5.53. The molecule has 4 heteroatoms. The standard InChI is InChI=1S/C9H19N3O/c1-4-9(2,7-10)12-6-5-11(3)8(12)13/h4-7,10H2,1-3H3. The average Bonchev–Trinajstić information content (AvgIpc) is 2.47. The molecule has 0 spiro atoms. The maximum atomic E-state index is 11.7. The Hall–Kier alpha value is -0.770. The lowest BCUT2D eigenvalue weighted by Gasteiger charge is -2.36. The second-order valence-electron chi connectivity index (χ2n) is 3.91. The molecule has 1 saturated heterocycles. The molecule has 0 bridgehead atoms. The van der Waals surface area contributed by atoms with Crippen LogP contribution in [-0.2, 0) is 0 Å². The van der Waals surface area contributed by atoms with Crippen LogP contribution in [0.5, 0.6) is 0 Å². The van der Waals surface area contributed by atoms with E-state index in [0.717, 1.165) is 19.5 Å². The normalized spacial score (nSPS) is 22.3. The van der Waals surface area contributed by atoms with Crippen molar-refractivity contribution >= 4 is 6.03 Å². The van der Waals surface area contributed by atoms with Gasteiger partial charge in [-0.3, -0.25) is 0 Å². The maximum absolute atomic E-state index is 11.7. The van der Waals surface area contributed by atoms with Crippen LogP contribution in [0.25, 0.3) is 0 Å². The van der Waals surface area contributed by atoms with Crippen molar-refractivity contribution in [3.05, 3.63) is 0 Å². The molecule has 0 aliphatic carbocycles. The third kappa shape index (κ3) is 1.63. The first-order valence-electron chi connectivity index (χ1n) is 4.78. The molecule has 0 radical (unpaired) electrons. The van der Waals surface area contributed by atoms with Gasteiger partial charge in [0.1, 0.15) is 0 Å². The fraction of sp³-hybridized carbons (Fsp3) is 0.889. The molecule has 2 N–H and O–H groups in total. The zero-order valence-corrected chi connectivity index (χ0v) is 8.71. The number of carbonyl (C=O) groups is 1. The number of carbonyl (C=O) groups excluding carboxylic acids is 1. The van der Waals surface area contributed by atoms with Crippen LogP contribution < -0.4 is 5.73 Å². The van der Waals surface area contributed by atoms with E-state index in [1.807, 2.05) is 18.9 Å². The molecule has 0 saturated carbocycles. The highest BCUT2D eigenvalue weighted by Gasteiger charge is 2.37. The number of rotatable bonds is 3. The molecule has 1 atom stereocenters. The number of nitrogens with zero attached hydrogens (tertiary/aromatic N) is 2. The molecule has 1 fully saturated rings. The van der Waals surface area contributed by atoms with E-state index in [1.165, 1.54) is 0 Å². The van der Waals surface area contributed by atoms with E-state index in [-0.39, 0.29) is 11.6 Å². The molecule has 1 heterocycles. The molecule has 76 valence electrons. The zero-order chi connectivity index (χ0) is 10.1. The van der Waals surface area contributed by atoms with Crippen LogP contribution in [0.4, 0.5) is 4.79 Å². The summed E-state index contributed by atoms with van der Waals surface area (Å²) in [4.78, 5) is 15.3. The van der Waals surface area contributed by atoms with Crippen molar-refractivity contribution in [1.82, 2.24) is 9.80 Å². The molecular formula is C9H19N3O. The van der Waals surface area contributed by atoms with E-state index in [1.54, 1.807) is 4.90 Å². The number of nitrogens with two attached hydrogens (primary N) is 1. The molecule has 0 aromatic carbocycles. The summed E-state index contributed by atoms with van der Waals surface area (Å²) in [5.74, 6) is 0. The zero-order valence-electron chi connectivity index (χ0n) is 8.71. The van der Waals surface area contributed by atoms with E-state index in [0.29, 0.717) is 6.54 Å². The molecule has 1 unspecified atom stereocenters. The van der Waals surface area contributed by atoms with E-state index in [9.17, 15) is 4.79 Å². The Kier molecular flexibility index (Phi) is 2.81. The van der Waals surface area contributed by atoms with Crippen LogP contribution in [0.1, 0.15) is 20.3 Å². The van der Waals surface area contributed by atoms with Gasteiger partial charge in [0.2, 0.25) is 0 Å². The minimum atomic E-state index is -0.165. The second kappa shape index (κ2) is 3.54. The van der Waals surface area contributed by atoms with E-state index in [4.69, 9.17) is 5.73 Å². The molecule has 1 aliphatic heterocycles. The summed E-state index contributed by atoms with van der Waals surface area (Å²) < 4.78 is 0. The lowest BCUT2D eigenvalue weighted by molar-refractivity contribution is 0.140. The van der Waals surface area contributed by atoms with E-state index < -0.39 is 0 Å². The molecule has 4 nitrogen and oxygen atoms in total. The van der Waals surface area contributed by atoms with Gasteiger partial charge in [-0.15, -0.1) is 0 Å². The summed E-state index contributed by atoms with van der Waals surface area (Å²) in [5, 5.41) is 0. The average molecular weight is 185 g/mol. The van der Waals surface area contributed by atoms with Crippen molar-refractivity contribution in [1.29, 1.82) is 0 Å². The highest BCUT2D eigenvalue weighted by molar-refractivity contribution is 5.77. The molecule has 13 heavy (non-hydrogen) atoms. The third-order valence-corrected chi connectivity index (χ3v) is 3.07. The molecule has 0 aromatic rings. The van der Waals surface area contributed by atoms with Crippen molar-refractivity contribution in [2.45, 2.75) is 25.8 Å². The van der Waals surface area contributed by atoms with Gasteiger partial charge >= 0.3 is 6.03 Å². The predicted octanol–water partition coefficient (Wildman–Crippen LogP) is 0.481. The van der Waals surface area contributed by atoms with Crippen molar-refractivity contribution in [2.24, 2.45) is 5.73 Å². The van der Waals surface area contributed by atoms with Crippen LogP contribution in [0.3, 0.4) is 0 Å². The second-order valence-corrected chi connectivity index (χ2v) is 3.91.